The first-order chi connectivity index (χ1) is 42.6. The van der Waals surface area contributed by atoms with Crippen LogP contribution in [0.2, 0.25) is 0 Å². The van der Waals surface area contributed by atoms with Crippen LogP contribution in [0.1, 0.15) is 344 Å². The number of carbonyl (C=O) groups excluding carboxylic acids is 4. The fourth-order valence-corrected chi connectivity index (χ4v) is 12.0. The Morgan fingerprint density at radius 3 is 0.798 bits per heavy atom. The van der Waals surface area contributed by atoms with Crippen LogP contribution in [-0.2, 0) is 65.4 Å². The average molecular weight is 1310 g/mol. The van der Waals surface area contributed by atoms with Crippen molar-refractivity contribution in [3.8, 4) is 0 Å². The highest BCUT2D eigenvalue weighted by atomic mass is 31.2. The number of phosphoric ester groups is 2. The minimum atomic E-state index is -4.95. The van der Waals surface area contributed by atoms with E-state index in [0.717, 1.165) is 115 Å². The largest absolute Gasteiger partial charge is 0.472 e. The number of phosphoric acid groups is 2. The van der Waals surface area contributed by atoms with Gasteiger partial charge in [-0.1, -0.05) is 293 Å². The molecule has 528 valence electrons. The molecule has 0 aromatic heterocycles. The predicted molar refractivity (Wildman–Crippen MR) is 358 cm³/mol. The van der Waals surface area contributed by atoms with E-state index >= 15 is 0 Å². The van der Waals surface area contributed by atoms with Gasteiger partial charge >= 0.3 is 39.5 Å². The van der Waals surface area contributed by atoms with Crippen molar-refractivity contribution in [2.24, 2.45) is 23.7 Å². The lowest BCUT2D eigenvalue weighted by Gasteiger charge is -2.21. The van der Waals surface area contributed by atoms with Gasteiger partial charge in [-0.25, -0.2) is 9.13 Å². The summed E-state index contributed by atoms with van der Waals surface area (Å²) in [4.78, 5) is 72.5. The summed E-state index contributed by atoms with van der Waals surface area (Å²) in [7, 11) is -9.90. The van der Waals surface area contributed by atoms with Gasteiger partial charge in [0, 0.05) is 25.7 Å². The van der Waals surface area contributed by atoms with Crippen LogP contribution in [0.15, 0.2) is 0 Å². The van der Waals surface area contributed by atoms with E-state index in [2.05, 4.69) is 55.4 Å². The first kappa shape index (κ1) is 87.1. The van der Waals surface area contributed by atoms with E-state index in [1.54, 1.807) is 0 Å². The molecule has 0 bridgehead atoms. The summed E-state index contributed by atoms with van der Waals surface area (Å²) < 4.78 is 68.2. The summed E-state index contributed by atoms with van der Waals surface area (Å²) >= 11 is 0. The van der Waals surface area contributed by atoms with Gasteiger partial charge in [0.15, 0.2) is 12.2 Å². The molecule has 17 nitrogen and oxygen atoms in total. The van der Waals surface area contributed by atoms with Crippen molar-refractivity contribution >= 4 is 39.5 Å². The zero-order valence-corrected chi connectivity index (χ0v) is 59.8. The molecule has 0 saturated heterocycles. The summed E-state index contributed by atoms with van der Waals surface area (Å²) in [6.07, 6.45) is 41.9. The summed E-state index contributed by atoms with van der Waals surface area (Å²) in [5, 5.41) is 10.6. The maximum Gasteiger partial charge on any atom is 0.472 e. The highest BCUT2D eigenvalue weighted by Gasteiger charge is 2.30. The Hall–Kier alpha value is -1.94. The average Bonchev–Trinajstić information content (AvgIpc) is 3.70. The first-order valence-electron chi connectivity index (χ1n) is 36.2. The van der Waals surface area contributed by atoms with Crippen LogP contribution >= 0.6 is 15.6 Å². The number of hydrogen-bond acceptors (Lipinski definition) is 15. The van der Waals surface area contributed by atoms with E-state index in [4.69, 9.17) is 37.0 Å². The lowest BCUT2D eigenvalue weighted by atomic mass is 9.99. The Morgan fingerprint density at radius 1 is 0.315 bits per heavy atom. The quantitative estimate of drug-likeness (QED) is 0.0222. The van der Waals surface area contributed by atoms with Gasteiger partial charge in [0.2, 0.25) is 0 Å². The minimum absolute atomic E-state index is 0.104. The molecule has 0 rings (SSSR count). The van der Waals surface area contributed by atoms with Crippen molar-refractivity contribution in [1.82, 2.24) is 0 Å². The van der Waals surface area contributed by atoms with Gasteiger partial charge in [-0.2, -0.15) is 0 Å². The normalized spacial score (nSPS) is 14.6. The van der Waals surface area contributed by atoms with Gasteiger partial charge in [-0.05, 0) is 49.4 Å². The molecule has 89 heavy (non-hydrogen) atoms. The molecule has 0 aliphatic carbocycles. The number of rotatable bonds is 67. The number of hydrogen-bond donors (Lipinski definition) is 3. The highest BCUT2D eigenvalue weighted by molar-refractivity contribution is 7.47. The molecule has 0 aromatic carbocycles. The van der Waals surface area contributed by atoms with Crippen LogP contribution in [0.5, 0.6) is 0 Å². The summed E-state index contributed by atoms with van der Waals surface area (Å²) in [6, 6.07) is 0. The van der Waals surface area contributed by atoms with Crippen molar-refractivity contribution < 1.29 is 80.2 Å². The van der Waals surface area contributed by atoms with Crippen molar-refractivity contribution in [3.63, 3.8) is 0 Å². The van der Waals surface area contributed by atoms with E-state index < -0.39 is 97.5 Å². The molecular weight excluding hydrogens is 1170 g/mol. The van der Waals surface area contributed by atoms with E-state index in [-0.39, 0.29) is 25.7 Å². The SMILES string of the molecule is CCC(C)CCCCCCCCCCCCC(=O)O[C@H](COC(=O)CCCCCCCCC(C)C)COP(=O)(O)OC[C@H](O)COP(=O)(O)OC[C@@H](COC(=O)CCCCCCCCC(C)C)OC(=O)CCCCCCCCCCCCCCCCC(C)C. The van der Waals surface area contributed by atoms with Crippen LogP contribution in [-0.4, -0.2) is 96.7 Å². The second-order valence-corrected chi connectivity index (χ2v) is 29.8. The number of aliphatic hydroxyl groups excluding tert-OH is 1. The van der Waals surface area contributed by atoms with E-state index in [1.165, 1.54) is 135 Å². The Bertz CT molecular complexity index is 1770. The third-order valence-corrected chi connectivity index (χ3v) is 18.3. The molecule has 19 heteroatoms. The lowest BCUT2D eigenvalue weighted by Crippen LogP contribution is -2.30. The van der Waals surface area contributed by atoms with Gasteiger partial charge in [0.25, 0.3) is 0 Å². The van der Waals surface area contributed by atoms with Crippen LogP contribution in [0, 0.1) is 23.7 Å². The molecule has 3 N–H and O–H groups in total. The maximum absolute atomic E-state index is 13.0. The molecule has 0 saturated carbocycles. The van der Waals surface area contributed by atoms with Gasteiger partial charge < -0.3 is 33.8 Å². The predicted octanol–water partition coefficient (Wildman–Crippen LogP) is 19.7. The minimum Gasteiger partial charge on any atom is -0.462 e. The van der Waals surface area contributed by atoms with Gasteiger partial charge in [-0.3, -0.25) is 37.3 Å². The number of ether oxygens (including phenoxy) is 4. The molecule has 0 aromatic rings. The molecule has 0 fully saturated rings. The number of aliphatic hydroxyl groups is 1. The molecule has 6 atom stereocenters. The fourth-order valence-electron chi connectivity index (χ4n) is 10.5. The van der Waals surface area contributed by atoms with Crippen molar-refractivity contribution in [1.29, 1.82) is 0 Å². The third-order valence-electron chi connectivity index (χ3n) is 16.4. The second-order valence-electron chi connectivity index (χ2n) is 26.9. The maximum atomic E-state index is 13.0. The molecule has 0 spiro atoms. The van der Waals surface area contributed by atoms with Crippen molar-refractivity contribution in [2.75, 3.05) is 39.6 Å². The Kier molecular flexibility index (Phi) is 58.5. The van der Waals surface area contributed by atoms with Gasteiger partial charge in [0.1, 0.15) is 19.3 Å². The molecule has 0 aliphatic rings. The van der Waals surface area contributed by atoms with E-state index in [1.807, 2.05) is 0 Å². The van der Waals surface area contributed by atoms with Crippen LogP contribution in [0.4, 0.5) is 0 Å². The standard InChI is InChI=1S/C70H136O17P2/c1-9-63(8)49-41-33-23-19-16-17-21-25-37-45-53-70(75)87-66(57-81-68(73)51-43-35-29-27-32-40-48-62(6)7)59-85-89(78,79)83-55-64(71)54-82-88(76,77)84-58-65(56-80-67(72)50-42-34-28-26-31-39-47-61(4)5)86-69(74)52-44-36-24-20-15-13-11-10-12-14-18-22-30-38-46-60(2)3/h60-66,71H,9-59H2,1-8H3,(H,76,77)(H,78,79)/t63?,64-,65-,66-/m1/s1. The topological polar surface area (TPSA) is 237 Å². The third kappa shape index (κ3) is 63.2. The number of unbranched alkanes of at least 4 members (excludes halogenated alkanes) is 32. The Morgan fingerprint density at radius 2 is 0.539 bits per heavy atom. The highest BCUT2D eigenvalue weighted by Crippen LogP contribution is 2.45. The van der Waals surface area contributed by atoms with Crippen LogP contribution in [0.3, 0.4) is 0 Å². The van der Waals surface area contributed by atoms with Crippen LogP contribution < -0.4 is 0 Å². The smallest absolute Gasteiger partial charge is 0.462 e. The van der Waals surface area contributed by atoms with Crippen molar-refractivity contribution in [2.45, 2.75) is 363 Å². The summed E-state index contributed by atoms with van der Waals surface area (Å²) in [5.74, 6) is 0.824. The Balaban J connectivity index is 5.21. The molecule has 0 heterocycles. The van der Waals surface area contributed by atoms with E-state index in [0.29, 0.717) is 37.5 Å². The number of carbonyl (C=O) groups is 4. The van der Waals surface area contributed by atoms with E-state index in [9.17, 15) is 43.2 Å². The fraction of sp³-hybridized carbons (Fsp3) is 0.943. The summed E-state index contributed by atoms with van der Waals surface area (Å²) in [6.45, 7) is 14.0. The summed E-state index contributed by atoms with van der Waals surface area (Å²) in [5.41, 5.74) is 0. The molecule has 0 aliphatic heterocycles. The number of esters is 4. The zero-order valence-electron chi connectivity index (χ0n) is 58.1. The molecule has 0 radical (unpaired) electrons. The molecular formula is C70H136O17P2. The molecule has 0 amide bonds. The van der Waals surface area contributed by atoms with Crippen LogP contribution in [0.25, 0.3) is 0 Å². The lowest BCUT2D eigenvalue weighted by molar-refractivity contribution is -0.161. The monoisotopic (exact) mass is 1310 g/mol. The van der Waals surface area contributed by atoms with Gasteiger partial charge in [0.05, 0.1) is 26.4 Å². The molecule has 3 unspecified atom stereocenters. The Labute approximate surface area is 543 Å². The second kappa shape index (κ2) is 59.8. The first-order valence-corrected chi connectivity index (χ1v) is 39.2. The van der Waals surface area contributed by atoms with Gasteiger partial charge in [-0.15, -0.1) is 0 Å². The zero-order chi connectivity index (χ0) is 66.1. The van der Waals surface area contributed by atoms with Crippen molar-refractivity contribution in [3.05, 3.63) is 0 Å².